The molecule has 1 heterocycles. The summed E-state index contributed by atoms with van der Waals surface area (Å²) in [7, 11) is -3.80. The minimum Gasteiger partial charge on any atom is -0.336 e. The highest BCUT2D eigenvalue weighted by Crippen LogP contribution is 2.22. The van der Waals surface area contributed by atoms with Gasteiger partial charge in [-0.05, 0) is 36.8 Å². The Labute approximate surface area is 201 Å². The predicted molar refractivity (Wildman–Crippen MR) is 136 cm³/mol. The number of benzene rings is 3. The van der Waals surface area contributed by atoms with Crippen molar-refractivity contribution in [2.45, 2.75) is 11.8 Å². The van der Waals surface area contributed by atoms with Gasteiger partial charge in [-0.15, -0.1) is 0 Å². The molecule has 1 fully saturated rings. The highest BCUT2D eigenvalue weighted by Gasteiger charge is 2.25. The fourth-order valence-electron chi connectivity index (χ4n) is 3.89. The quantitative estimate of drug-likeness (QED) is 0.554. The number of nitrogens with zero attached hydrogens (tertiary/aromatic N) is 2. The summed E-state index contributed by atoms with van der Waals surface area (Å²) in [6, 6.07) is 23.6. The van der Waals surface area contributed by atoms with Crippen LogP contribution in [0.25, 0.3) is 6.08 Å². The predicted octanol–water partition coefficient (Wildman–Crippen LogP) is 4.27. The smallest absolute Gasteiger partial charge is 0.261 e. The van der Waals surface area contributed by atoms with Crippen LogP contribution in [0.2, 0.25) is 0 Å². The van der Waals surface area contributed by atoms with Gasteiger partial charge in [0.2, 0.25) is 0 Å². The van der Waals surface area contributed by atoms with Gasteiger partial charge in [-0.3, -0.25) is 14.4 Å². The van der Waals surface area contributed by atoms with Crippen LogP contribution < -0.4 is 4.72 Å². The maximum Gasteiger partial charge on any atom is 0.261 e. The van der Waals surface area contributed by atoms with E-state index in [9.17, 15) is 13.2 Å². The van der Waals surface area contributed by atoms with Gasteiger partial charge in [0.1, 0.15) is 0 Å². The molecule has 34 heavy (non-hydrogen) atoms. The van der Waals surface area contributed by atoms with Crippen LogP contribution in [-0.2, 0) is 10.0 Å². The third-order valence-corrected chi connectivity index (χ3v) is 7.25. The summed E-state index contributed by atoms with van der Waals surface area (Å²) in [4.78, 5) is 17.5. The first-order chi connectivity index (χ1) is 16.4. The zero-order valence-corrected chi connectivity index (χ0v) is 20.0. The number of carbonyl (C=O) groups excluding carboxylic acids is 1. The van der Waals surface area contributed by atoms with Gasteiger partial charge in [0, 0.05) is 32.7 Å². The monoisotopic (exact) mass is 475 g/mol. The Bertz CT molecular complexity index is 1250. The number of aryl methyl sites for hydroxylation is 1. The van der Waals surface area contributed by atoms with Crippen molar-refractivity contribution in [2.24, 2.45) is 0 Å². The van der Waals surface area contributed by atoms with Gasteiger partial charge in [0.25, 0.3) is 15.9 Å². The summed E-state index contributed by atoms with van der Waals surface area (Å²) in [5, 5.41) is 0. The topological polar surface area (TPSA) is 69.7 Å². The van der Waals surface area contributed by atoms with E-state index in [2.05, 4.69) is 33.9 Å². The first-order valence-corrected chi connectivity index (χ1v) is 12.8. The maximum absolute atomic E-state index is 13.3. The standard InChI is InChI=1S/C27H29N3O3S/c1-22-13-15-24(16-14-22)34(32,33)28-26-12-6-5-11-25(26)27(31)30-20-18-29(19-21-30)17-7-10-23-8-3-2-4-9-23/h2-16,28H,17-21H2,1H3/b10-7+. The van der Waals surface area contributed by atoms with Crippen LogP contribution in [0.5, 0.6) is 0 Å². The van der Waals surface area contributed by atoms with Crippen molar-refractivity contribution in [1.82, 2.24) is 9.80 Å². The van der Waals surface area contributed by atoms with Crippen molar-refractivity contribution >= 4 is 27.7 Å². The van der Waals surface area contributed by atoms with E-state index in [4.69, 9.17) is 0 Å². The second-order valence-corrected chi connectivity index (χ2v) is 10.1. The van der Waals surface area contributed by atoms with E-state index in [1.54, 1.807) is 53.4 Å². The molecule has 6 nitrogen and oxygen atoms in total. The average molecular weight is 476 g/mol. The summed E-state index contributed by atoms with van der Waals surface area (Å²) < 4.78 is 28.3. The van der Waals surface area contributed by atoms with Crippen molar-refractivity contribution in [1.29, 1.82) is 0 Å². The van der Waals surface area contributed by atoms with Crippen molar-refractivity contribution in [3.63, 3.8) is 0 Å². The van der Waals surface area contributed by atoms with Crippen LogP contribution in [0.15, 0.2) is 89.8 Å². The molecule has 1 amide bonds. The molecule has 3 aromatic rings. The second kappa shape index (κ2) is 10.7. The molecule has 1 saturated heterocycles. The number of para-hydroxylation sites is 1. The highest BCUT2D eigenvalue weighted by molar-refractivity contribution is 7.92. The minimum absolute atomic E-state index is 0.164. The molecular weight excluding hydrogens is 446 g/mol. The molecule has 1 aliphatic rings. The van der Waals surface area contributed by atoms with Gasteiger partial charge >= 0.3 is 0 Å². The molecule has 1 aliphatic heterocycles. The fourth-order valence-corrected chi connectivity index (χ4v) is 4.97. The Kier molecular flexibility index (Phi) is 7.45. The molecule has 176 valence electrons. The SMILES string of the molecule is Cc1ccc(S(=O)(=O)Nc2ccccc2C(=O)N2CCN(C/C=C/c3ccccc3)CC2)cc1. The summed E-state index contributed by atoms with van der Waals surface area (Å²) in [5.41, 5.74) is 2.79. The molecular formula is C27H29N3O3S. The number of hydrogen-bond acceptors (Lipinski definition) is 4. The summed E-state index contributed by atoms with van der Waals surface area (Å²) in [5.74, 6) is -0.165. The number of piperazine rings is 1. The largest absolute Gasteiger partial charge is 0.336 e. The molecule has 0 bridgehead atoms. The molecule has 0 unspecified atom stereocenters. The fraction of sp³-hybridized carbons (Fsp3) is 0.222. The van der Waals surface area contributed by atoms with Crippen LogP contribution in [-0.4, -0.2) is 56.8 Å². The van der Waals surface area contributed by atoms with Crippen LogP contribution in [0, 0.1) is 6.92 Å². The zero-order valence-electron chi connectivity index (χ0n) is 19.2. The lowest BCUT2D eigenvalue weighted by molar-refractivity contribution is 0.0651. The van der Waals surface area contributed by atoms with Gasteiger partial charge in [-0.1, -0.05) is 72.3 Å². The Balaban J connectivity index is 1.38. The average Bonchev–Trinajstić information content (AvgIpc) is 2.85. The molecule has 0 radical (unpaired) electrons. The number of hydrogen-bond donors (Lipinski definition) is 1. The van der Waals surface area contributed by atoms with Gasteiger partial charge in [0.05, 0.1) is 16.1 Å². The molecule has 0 aromatic heterocycles. The highest BCUT2D eigenvalue weighted by atomic mass is 32.2. The molecule has 1 N–H and O–H groups in total. The van der Waals surface area contributed by atoms with E-state index in [0.717, 1.165) is 25.2 Å². The minimum atomic E-state index is -3.80. The Morgan fingerprint density at radius 3 is 2.24 bits per heavy atom. The van der Waals surface area contributed by atoms with Crippen LogP contribution in [0.4, 0.5) is 5.69 Å². The van der Waals surface area contributed by atoms with E-state index >= 15 is 0 Å². The molecule has 0 spiro atoms. The first-order valence-electron chi connectivity index (χ1n) is 11.3. The lowest BCUT2D eigenvalue weighted by Gasteiger charge is -2.34. The van der Waals surface area contributed by atoms with Crippen LogP contribution >= 0.6 is 0 Å². The normalized spacial score (nSPS) is 14.9. The number of nitrogens with one attached hydrogen (secondary N) is 1. The molecule has 4 rings (SSSR count). The molecule has 0 aliphatic carbocycles. The zero-order chi connectivity index (χ0) is 24.0. The van der Waals surface area contributed by atoms with Crippen LogP contribution in [0.1, 0.15) is 21.5 Å². The van der Waals surface area contributed by atoms with Crippen molar-refractivity contribution in [3.8, 4) is 0 Å². The number of anilines is 1. The molecule has 3 aromatic carbocycles. The van der Waals surface area contributed by atoms with Crippen molar-refractivity contribution in [3.05, 3.63) is 102 Å². The van der Waals surface area contributed by atoms with E-state index in [1.165, 1.54) is 5.56 Å². The molecule has 0 saturated carbocycles. The number of rotatable bonds is 7. The third-order valence-electron chi connectivity index (χ3n) is 5.87. The van der Waals surface area contributed by atoms with E-state index in [0.29, 0.717) is 24.3 Å². The van der Waals surface area contributed by atoms with Gasteiger partial charge < -0.3 is 4.90 Å². The Morgan fingerprint density at radius 2 is 1.53 bits per heavy atom. The summed E-state index contributed by atoms with van der Waals surface area (Å²) >= 11 is 0. The third kappa shape index (κ3) is 5.92. The van der Waals surface area contributed by atoms with E-state index < -0.39 is 10.0 Å². The lowest BCUT2D eigenvalue weighted by atomic mass is 10.1. The van der Waals surface area contributed by atoms with E-state index in [1.807, 2.05) is 25.1 Å². The first kappa shape index (κ1) is 23.7. The number of carbonyl (C=O) groups is 1. The number of amides is 1. The van der Waals surface area contributed by atoms with Crippen LogP contribution in [0.3, 0.4) is 0 Å². The summed E-state index contributed by atoms with van der Waals surface area (Å²) in [6.07, 6.45) is 4.25. The Morgan fingerprint density at radius 1 is 0.882 bits per heavy atom. The van der Waals surface area contributed by atoms with Crippen molar-refractivity contribution < 1.29 is 13.2 Å². The van der Waals surface area contributed by atoms with Gasteiger partial charge in [0.15, 0.2) is 0 Å². The van der Waals surface area contributed by atoms with Gasteiger partial charge in [-0.2, -0.15) is 0 Å². The van der Waals surface area contributed by atoms with E-state index in [-0.39, 0.29) is 10.8 Å². The molecule has 7 heteroatoms. The molecule has 0 atom stereocenters. The lowest BCUT2D eigenvalue weighted by Crippen LogP contribution is -2.48. The summed E-state index contributed by atoms with van der Waals surface area (Å²) in [6.45, 7) is 5.44. The second-order valence-electron chi connectivity index (χ2n) is 8.37. The number of sulfonamides is 1. The Hall–Kier alpha value is -3.42. The van der Waals surface area contributed by atoms with Crippen molar-refractivity contribution in [2.75, 3.05) is 37.4 Å². The maximum atomic E-state index is 13.3. The van der Waals surface area contributed by atoms with Gasteiger partial charge in [-0.25, -0.2) is 8.42 Å².